The molecule has 0 aliphatic rings. The first-order chi connectivity index (χ1) is 8.20. The predicted octanol–water partition coefficient (Wildman–Crippen LogP) is 4.14. The SMILES string of the molecule is CSc1ccc(-c2ccc(N(C)C)cc2)cc1. The minimum Gasteiger partial charge on any atom is -0.378 e. The third kappa shape index (κ3) is 2.83. The Morgan fingerprint density at radius 2 is 1.24 bits per heavy atom. The fourth-order valence-corrected chi connectivity index (χ4v) is 2.14. The van der Waals surface area contributed by atoms with Crippen LogP contribution >= 0.6 is 11.8 Å². The summed E-state index contributed by atoms with van der Waals surface area (Å²) in [5.41, 5.74) is 3.77. The van der Waals surface area contributed by atoms with Crippen molar-refractivity contribution in [1.29, 1.82) is 0 Å². The molecule has 0 saturated heterocycles. The second-order valence-electron chi connectivity index (χ2n) is 4.17. The Balaban J connectivity index is 2.26. The first kappa shape index (κ1) is 12.1. The molecule has 0 aliphatic carbocycles. The van der Waals surface area contributed by atoms with Gasteiger partial charge < -0.3 is 4.90 Å². The van der Waals surface area contributed by atoms with Crippen molar-refractivity contribution in [1.82, 2.24) is 0 Å². The van der Waals surface area contributed by atoms with Crippen LogP contribution in [0.4, 0.5) is 5.69 Å². The molecule has 0 unspecified atom stereocenters. The van der Waals surface area contributed by atoms with Crippen LogP contribution in [0.3, 0.4) is 0 Å². The minimum atomic E-state index is 1.23. The number of anilines is 1. The first-order valence-electron chi connectivity index (χ1n) is 5.62. The molecular formula is C15H17NS. The second-order valence-corrected chi connectivity index (χ2v) is 5.05. The van der Waals surface area contributed by atoms with Gasteiger partial charge in [-0.3, -0.25) is 0 Å². The number of rotatable bonds is 3. The highest BCUT2D eigenvalue weighted by Gasteiger charge is 1.99. The highest BCUT2D eigenvalue weighted by molar-refractivity contribution is 7.98. The van der Waals surface area contributed by atoms with Gasteiger partial charge in [0.2, 0.25) is 0 Å². The van der Waals surface area contributed by atoms with Crippen LogP contribution < -0.4 is 4.90 Å². The molecule has 0 heterocycles. The zero-order valence-corrected chi connectivity index (χ0v) is 11.3. The molecule has 0 N–H and O–H groups in total. The number of nitrogens with zero attached hydrogens (tertiary/aromatic N) is 1. The highest BCUT2D eigenvalue weighted by atomic mass is 32.2. The molecule has 0 fully saturated rings. The standard InChI is InChI=1S/C15H17NS/c1-16(2)14-8-4-12(5-9-14)13-6-10-15(17-3)11-7-13/h4-11H,1-3H3. The largest absolute Gasteiger partial charge is 0.378 e. The van der Waals surface area contributed by atoms with Gasteiger partial charge in [0.25, 0.3) is 0 Å². The molecule has 0 amide bonds. The summed E-state index contributed by atoms with van der Waals surface area (Å²) in [5, 5.41) is 0. The van der Waals surface area contributed by atoms with E-state index in [1.165, 1.54) is 21.7 Å². The van der Waals surface area contributed by atoms with Gasteiger partial charge in [-0.15, -0.1) is 11.8 Å². The summed E-state index contributed by atoms with van der Waals surface area (Å²) in [6.45, 7) is 0. The fraction of sp³-hybridized carbons (Fsp3) is 0.200. The van der Waals surface area contributed by atoms with Crippen molar-refractivity contribution in [3.8, 4) is 11.1 Å². The molecule has 2 heteroatoms. The predicted molar refractivity (Wildman–Crippen MR) is 78.0 cm³/mol. The molecule has 0 saturated carbocycles. The third-order valence-corrected chi connectivity index (χ3v) is 3.55. The van der Waals surface area contributed by atoms with Crippen LogP contribution in [0.1, 0.15) is 0 Å². The van der Waals surface area contributed by atoms with E-state index in [0.29, 0.717) is 0 Å². The third-order valence-electron chi connectivity index (χ3n) is 2.81. The van der Waals surface area contributed by atoms with Crippen LogP contribution in [0.25, 0.3) is 11.1 Å². The Labute approximate surface area is 107 Å². The Hall–Kier alpha value is -1.41. The molecule has 2 rings (SSSR count). The van der Waals surface area contributed by atoms with E-state index in [1.54, 1.807) is 11.8 Å². The number of benzene rings is 2. The Morgan fingerprint density at radius 3 is 1.65 bits per heavy atom. The summed E-state index contributed by atoms with van der Waals surface area (Å²) in [6.07, 6.45) is 2.10. The zero-order valence-electron chi connectivity index (χ0n) is 10.5. The minimum absolute atomic E-state index is 1.23. The van der Waals surface area contributed by atoms with Crippen LogP contribution in [-0.4, -0.2) is 20.4 Å². The van der Waals surface area contributed by atoms with Crippen LogP contribution in [0.15, 0.2) is 53.4 Å². The van der Waals surface area contributed by atoms with E-state index in [-0.39, 0.29) is 0 Å². The van der Waals surface area contributed by atoms with Gasteiger partial charge in [0, 0.05) is 24.7 Å². The van der Waals surface area contributed by atoms with Gasteiger partial charge in [-0.05, 0) is 41.6 Å². The molecule has 1 nitrogen and oxygen atoms in total. The molecule has 0 radical (unpaired) electrons. The monoisotopic (exact) mass is 243 g/mol. The molecule has 88 valence electrons. The van der Waals surface area contributed by atoms with Gasteiger partial charge in [-0.1, -0.05) is 24.3 Å². The zero-order chi connectivity index (χ0) is 12.3. The molecule has 2 aromatic carbocycles. The number of thioether (sulfide) groups is 1. The summed E-state index contributed by atoms with van der Waals surface area (Å²) in [7, 11) is 4.12. The van der Waals surface area contributed by atoms with Crippen LogP contribution in [0, 0.1) is 0 Å². The van der Waals surface area contributed by atoms with E-state index >= 15 is 0 Å². The van der Waals surface area contributed by atoms with Crippen molar-refractivity contribution in [2.24, 2.45) is 0 Å². The van der Waals surface area contributed by atoms with Crippen LogP contribution in [-0.2, 0) is 0 Å². The summed E-state index contributed by atoms with van der Waals surface area (Å²) >= 11 is 1.77. The lowest BCUT2D eigenvalue weighted by molar-refractivity contribution is 1.13. The summed E-state index contributed by atoms with van der Waals surface area (Å²) in [6, 6.07) is 17.3. The smallest absolute Gasteiger partial charge is 0.0361 e. The maximum absolute atomic E-state index is 2.18. The quantitative estimate of drug-likeness (QED) is 0.745. The summed E-state index contributed by atoms with van der Waals surface area (Å²) in [4.78, 5) is 3.42. The van der Waals surface area contributed by atoms with Crippen molar-refractivity contribution < 1.29 is 0 Å². The molecule has 17 heavy (non-hydrogen) atoms. The molecule has 0 spiro atoms. The Bertz CT molecular complexity index is 471. The molecule has 0 aromatic heterocycles. The van der Waals surface area contributed by atoms with Crippen molar-refractivity contribution in [2.75, 3.05) is 25.3 Å². The Morgan fingerprint density at radius 1 is 0.765 bits per heavy atom. The molecule has 0 aliphatic heterocycles. The first-order valence-corrected chi connectivity index (χ1v) is 6.85. The molecule has 0 atom stereocenters. The van der Waals surface area contributed by atoms with Gasteiger partial charge in [-0.25, -0.2) is 0 Å². The van der Waals surface area contributed by atoms with E-state index in [2.05, 4.69) is 73.8 Å². The van der Waals surface area contributed by atoms with Gasteiger partial charge in [0.05, 0.1) is 0 Å². The van der Waals surface area contributed by atoms with E-state index in [0.717, 1.165) is 0 Å². The average Bonchev–Trinajstić information content (AvgIpc) is 2.39. The number of hydrogen-bond donors (Lipinski definition) is 0. The molecule has 0 bridgehead atoms. The lowest BCUT2D eigenvalue weighted by Gasteiger charge is -2.12. The molecule has 2 aromatic rings. The van der Waals surface area contributed by atoms with E-state index in [1.807, 2.05) is 0 Å². The normalized spacial score (nSPS) is 10.3. The molecular weight excluding hydrogens is 226 g/mol. The van der Waals surface area contributed by atoms with Crippen LogP contribution in [0.2, 0.25) is 0 Å². The number of hydrogen-bond acceptors (Lipinski definition) is 2. The van der Waals surface area contributed by atoms with Crippen LogP contribution in [0.5, 0.6) is 0 Å². The maximum atomic E-state index is 2.18. The van der Waals surface area contributed by atoms with Gasteiger partial charge in [0.15, 0.2) is 0 Å². The summed E-state index contributed by atoms with van der Waals surface area (Å²) < 4.78 is 0. The lowest BCUT2D eigenvalue weighted by Crippen LogP contribution is -2.07. The van der Waals surface area contributed by atoms with E-state index in [4.69, 9.17) is 0 Å². The van der Waals surface area contributed by atoms with Crippen molar-refractivity contribution >= 4 is 17.4 Å². The lowest BCUT2D eigenvalue weighted by atomic mass is 10.1. The van der Waals surface area contributed by atoms with Gasteiger partial charge >= 0.3 is 0 Å². The van der Waals surface area contributed by atoms with Gasteiger partial charge in [0.1, 0.15) is 0 Å². The van der Waals surface area contributed by atoms with Gasteiger partial charge in [-0.2, -0.15) is 0 Å². The van der Waals surface area contributed by atoms with Crippen molar-refractivity contribution in [3.63, 3.8) is 0 Å². The highest BCUT2D eigenvalue weighted by Crippen LogP contribution is 2.24. The summed E-state index contributed by atoms with van der Waals surface area (Å²) in [5.74, 6) is 0. The second kappa shape index (κ2) is 5.28. The van der Waals surface area contributed by atoms with E-state index in [9.17, 15) is 0 Å². The Kier molecular flexibility index (Phi) is 3.75. The van der Waals surface area contributed by atoms with Crippen molar-refractivity contribution in [3.05, 3.63) is 48.5 Å². The van der Waals surface area contributed by atoms with E-state index < -0.39 is 0 Å². The fourth-order valence-electron chi connectivity index (χ4n) is 1.74. The topological polar surface area (TPSA) is 3.24 Å². The maximum Gasteiger partial charge on any atom is 0.0361 e. The van der Waals surface area contributed by atoms with Crippen molar-refractivity contribution in [2.45, 2.75) is 4.90 Å². The average molecular weight is 243 g/mol.